The Hall–Kier alpha value is -3.55. The average molecular weight is 493 g/mol. The van der Waals surface area contributed by atoms with E-state index < -0.39 is 5.97 Å². The van der Waals surface area contributed by atoms with Crippen LogP contribution in [0.3, 0.4) is 0 Å². The van der Waals surface area contributed by atoms with Crippen molar-refractivity contribution in [2.45, 2.75) is 76.5 Å². The van der Waals surface area contributed by atoms with Gasteiger partial charge in [-0.2, -0.15) is 0 Å². The van der Waals surface area contributed by atoms with Crippen molar-refractivity contribution >= 4 is 23.2 Å². The van der Waals surface area contributed by atoms with Crippen molar-refractivity contribution in [3.63, 3.8) is 0 Å². The number of aliphatic carboxylic acids is 1. The quantitative estimate of drug-likeness (QED) is 0.327. The summed E-state index contributed by atoms with van der Waals surface area (Å²) >= 11 is 0. The Kier molecular flexibility index (Phi) is 8.46. The number of hydrogen-bond acceptors (Lipinski definition) is 7. The zero-order valence-electron chi connectivity index (χ0n) is 20.4. The number of fused-ring (bicyclic) bond motifs is 1. The number of aliphatic imine (C=N–C) groups is 1. The van der Waals surface area contributed by atoms with Gasteiger partial charge in [0.25, 0.3) is 0 Å². The standard InChI is InChI=1S/C28H32N2O6/c31-22-10-7-11-23(32)27(22)20(29-15-6-2-5-12-26(34)35)13-14-21-28-24(33)16-19(17-25(28)36-30-21)18-8-3-1-4-9-18/h1,3-4,8-9,19,31H,2,5-7,10-17H2,(H,34,35). The van der Waals surface area contributed by atoms with Gasteiger partial charge in [-0.25, -0.2) is 0 Å². The third kappa shape index (κ3) is 6.17. The molecule has 4 rings (SSSR count). The highest BCUT2D eigenvalue weighted by atomic mass is 16.5. The summed E-state index contributed by atoms with van der Waals surface area (Å²) in [6.07, 6.45) is 5.27. The van der Waals surface area contributed by atoms with E-state index in [-0.39, 0.29) is 29.7 Å². The molecule has 1 unspecified atom stereocenters. The Morgan fingerprint density at radius 1 is 1.03 bits per heavy atom. The fraction of sp³-hybridized carbons (Fsp3) is 0.464. The van der Waals surface area contributed by atoms with Crippen LogP contribution in [0.2, 0.25) is 0 Å². The van der Waals surface area contributed by atoms with E-state index in [0.717, 1.165) is 12.0 Å². The van der Waals surface area contributed by atoms with Crippen LogP contribution in [0.4, 0.5) is 0 Å². The number of carboxylic acids is 1. The van der Waals surface area contributed by atoms with Crippen molar-refractivity contribution < 1.29 is 29.1 Å². The van der Waals surface area contributed by atoms with Crippen LogP contribution in [0.15, 0.2) is 51.2 Å². The number of aliphatic hydroxyl groups is 1. The highest BCUT2D eigenvalue weighted by Crippen LogP contribution is 2.34. The highest BCUT2D eigenvalue weighted by molar-refractivity contribution is 6.23. The predicted octanol–water partition coefficient (Wildman–Crippen LogP) is 5.17. The number of carbonyl (C=O) groups excluding carboxylic acids is 2. The molecule has 1 heterocycles. The fourth-order valence-corrected chi connectivity index (χ4v) is 5.03. The monoisotopic (exact) mass is 492 g/mol. The zero-order valence-corrected chi connectivity index (χ0v) is 20.4. The van der Waals surface area contributed by atoms with Gasteiger partial charge in [0, 0.05) is 44.4 Å². The summed E-state index contributed by atoms with van der Waals surface area (Å²) in [5.41, 5.74) is 3.03. The molecule has 1 aromatic carbocycles. The number of Topliss-reactive ketones (excluding diaryl/α,β-unsaturated/α-hetero) is 2. The van der Waals surface area contributed by atoms with Gasteiger partial charge in [-0.05, 0) is 43.6 Å². The molecule has 0 fully saturated rings. The van der Waals surface area contributed by atoms with Gasteiger partial charge in [-0.1, -0.05) is 41.9 Å². The Morgan fingerprint density at radius 2 is 1.83 bits per heavy atom. The Labute approximate surface area is 210 Å². The molecule has 0 saturated carbocycles. The van der Waals surface area contributed by atoms with Gasteiger partial charge >= 0.3 is 5.97 Å². The Balaban J connectivity index is 1.47. The van der Waals surface area contributed by atoms with Crippen molar-refractivity contribution in [1.29, 1.82) is 0 Å². The molecule has 36 heavy (non-hydrogen) atoms. The third-order valence-corrected chi connectivity index (χ3v) is 6.87. The molecule has 0 saturated heterocycles. The molecular formula is C28H32N2O6. The largest absolute Gasteiger partial charge is 0.511 e. The molecule has 0 spiro atoms. The minimum Gasteiger partial charge on any atom is -0.511 e. The van der Waals surface area contributed by atoms with Crippen LogP contribution in [0.5, 0.6) is 0 Å². The number of allylic oxidation sites excluding steroid dienone is 2. The van der Waals surface area contributed by atoms with Crippen LogP contribution in [0.1, 0.15) is 91.1 Å². The predicted molar refractivity (Wildman–Crippen MR) is 134 cm³/mol. The second kappa shape index (κ2) is 11.9. The topological polar surface area (TPSA) is 130 Å². The molecule has 0 bridgehead atoms. The van der Waals surface area contributed by atoms with Crippen molar-refractivity contribution in [1.82, 2.24) is 5.16 Å². The molecule has 1 aromatic heterocycles. The van der Waals surface area contributed by atoms with E-state index in [1.807, 2.05) is 30.3 Å². The number of hydrogen-bond donors (Lipinski definition) is 2. The van der Waals surface area contributed by atoms with Crippen molar-refractivity contribution in [3.8, 4) is 0 Å². The first kappa shape index (κ1) is 25.5. The summed E-state index contributed by atoms with van der Waals surface area (Å²) in [7, 11) is 0. The lowest BCUT2D eigenvalue weighted by Gasteiger charge is -2.20. The first-order valence-corrected chi connectivity index (χ1v) is 12.7. The maximum absolute atomic E-state index is 13.0. The molecule has 8 nitrogen and oxygen atoms in total. The number of ketones is 2. The molecule has 0 aliphatic heterocycles. The van der Waals surface area contributed by atoms with E-state index in [1.54, 1.807) is 0 Å². The number of aliphatic hydroxyl groups excluding tert-OH is 1. The molecule has 0 amide bonds. The summed E-state index contributed by atoms with van der Waals surface area (Å²) < 4.78 is 5.59. The van der Waals surface area contributed by atoms with Crippen molar-refractivity contribution in [3.05, 3.63) is 64.2 Å². The van der Waals surface area contributed by atoms with Crippen LogP contribution in [0, 0.1) is 0 Å². The lowest BCUT2D eigenvalue weighted by molar-refractivity contribution is -0.137. The smallest absolute Gasteiger partial charge is 0.303 e. The Morgan fingerprint density at radius 3 is 2.58 bits per heavy atom. The van der Waals surface area contributed by atoms with E-state index in [0.29, 0.717) is 92.6 Å². The van der Waals surface area contributed by atoms with Gasteiger partial charge in [0.1, 0.15) is 11.5 Å². The lowest BCUT2D eigenvalue weighted by Crippen LogP contribution is -2.21. The van der Waals surface area contributed by atoms with Crippen molar-refractivity contribution in [2.24, 2.45) is 4.99 Å². The first-order chi connectivity index (χ1) is 17.4. The number of carbonyl (C=O) groups is 3. The van der Waals surface area contributed by atoms with Crippen LogP contribution in [-0.4, -0.2) is 45.2 Å². The number of unbranched alkanes of at least 4 members (excludes halogenated alkanes) is 2. The number of aryl methyl sites for hydroxylation is 1. The number of nitrogens with zero attached hydrogens (tertiary/aromatic N) is 2. The SMILES string of the molecule is O=C(O)CCCCCN=C(CCc1noc2c1C(=O)CC(c1ccccc1)C2)C1=C(O)CCCC1=O. The molecule has 2 aliphatic rings. The summed E-state index contributed by atoms with van der Waals surface area (Å²) in [5.74, 6) is -0.195. The van der Waals surface area contributed by atoms with Crippen molar-refractivity contribution in [2.75, 3.05) is 6.54 Å². The lowest BCUT2D eigenvalue weighted by atomic mass is 9.81. The van der Waals surface area contributed by atoms with Crippen LogP contribution in [-0.2, 0) is 22.4 Å². The third-order valence-electron chi connectivity index (χ3n) is 6.87. The molecule has 2 aromatic rings. The van der Waals surface area contributed by atoms with Crippen LogP contribution >= 0.6 is 0 Å². The molecule has 2 N–H and O–H groups in total. The van der Waals surface area contributed by atoms with Gasteiger partial charge in [-0.3, -0.25) is 19.4 Å². The minimum absolute atomic E-state index is 0.00841. The maximum Gasteiger partial charge on any atom is 0.303 e. The average Bonchev–Trinajstić information content (AvgIpc) is 3.28. The van der Waals surface area contributed by atoms with E-state index in [4.69, 9.17) is 9.63 Å². The van der Waals surface area contributed by atoms with Crippen LogP contribution < -0.4 is 0 Å². The summed E-state index contributed by atoms with van der Waals surface area (Å²) in [4.78, 5) is 41.0. The van der Waals surface area contributed by atoms with Gasteiger partial charge in [-0.15, -0.1) is 0 Å². The van der Waals surface area contributed by atoms with E-state index in [9.17, 15) is 19.5 Å². The molecule has 0 radical (unpaired) electrons. The molecule has 8 heteroatoms. The summed E-state index contributed by atoms with van der Waals surface area (Å²) in [5, 5.41) is 23.4. The number of aromatic nitrogens is 1. The Bertz CT molecular complexity index is 1180. The second-order valence-electron chi connectivity index (χ2n) is 9.50. The molecular weight excluding hydrogens is 460 g/mol. The minimum atomic E-state index is -0.817. The zero-order chi connectivity index (χ0) is 25.5. The summed E-state index contributed by atoms with van der Waals surface area (Å²) in [6, 6.07) is 9.92. The van der Waals surface area contributed by atoms with Gasteiger partial charge in [0.05, 0.1) is 16.8 Å². The number of benzene rings is 1. The van der Waals surface area contributed by atoms with E-state index in [1.165, 1.54) is 0 Å². The maximum atomic E-state index is 13.0. The fourth-order valence-electron chi connectivity index (χ4n) is 5.03. The molecule has 1 atom stereocenters. The van der Waals surface area contributed by atoms with Crippen LogP contribution in [0.25, 0.3) is 0 Å². The van der Waals surface area contributed by atoms with E-state index >= 15 is 0 Å². The number of rotatable bonds is 11. The van der Waals surface area contributed by atoms with Gasteiger partial charge < -0.3 is 14.7 Å². The second-order valence-corrected chi connectivity index (χ2v) is 9.50. The molecule has 190 valence electrons. The van der Waals surface area contributed by atoms with Gasteiger partial charge in [0.15, 0.2) is 11.6 Å². The molecule has 2 aliphatic carbocycles. The normalized spacial score (nSPS) is 18.4. The highest BCUT2D eigenvalue weighted by Gasteiger charge is 2.33. The number of carboxylic acid groups (broad SMARTS) is 1. The van der Waals surface area contributed by atoms with E-state index in [2.05, 4.69) is 10.1 Å². The van der Waals surface area contributed by atoms with Gasteiger partial charge in [0.2, 0.25) is 0 Å². The summed E-state index contributed by atoms with van der Waals surface area (Å²) in [6.45, 7) is 0.438. The first-order valence-electron chi connectivity index (χ1n) is 12.7.